The first-order valence-corrected chi connectivity index (χ1v) is 10.3. The molecule has 0 saturated carbocycles. The number of carbonyl (C=O) groups is 3. The average molecular weight is 441 g/mol. The molecule has 3 N–H and O–H groups in total. The average Bonchev–Trinajstić information content (AvgIpc) is 3.06. The normalized spacial score (nSPS) is 15.4. The zero-order valence-corrected chi connectivity index (χ0v) is 18.1. The highest BCUT2D eigenvalue weighted by atomic mass is 16.5. The van der Waals surface area contributed by atoms with Crippen molar-refractivity contribution in [2.75, 3.05) is 20.8 Å². The molecule has 170 valence electrons. The maximum absolute atomic E-state index is 12.7. The van der Waals surface area contributed by atoms with Gasteiger partial charge in [0.2, 0.25) is 5.91 Å². The predicted octanol–water partition coefficient (Wildman–Crippen LogP) is 1.97. The van der Waals surface area contributed by atoms with Gasteiger partial charge in [-0.3, -0.25) is 14.5 Å². The van der Waals surface area contributed by atoms with Crippen LogP contribution in [0.3, 0.4) is 0 Å². The van der Waals surface area contributed by atoms with Gasteiger partial charge in [0.1, 0.15) is 11.8 Å². The van der Waals surface area contributed by atoms with E-state index in [2.05, 4.69) is 10.6 Å². The van der Waals surface area contributed by atoms with Gasteiger partial charge in [0.05, 0.1) is 20.8 Å². The first kappa shape index (κ1) is 22.9. The summed E-state index contributed by atoms with van der Waals surface area (Å²) in [4.78, 5) is 38.2. The molecule has 4 amide bonds. The number of rotatable bonds is 10. The molecule has 9 heteroatoms. The fraction of sp³-hybridized carbons (Fsp3) is 0.348. The lowest BCUT2D eigenvalue weighted by atomic mass is 10.1. The molecule has 2 aromatic rings. The molecule has 0 bridgehead atoms. The van der Waals surface area contributed by atoms with Crippen molar-refractivity contribution in [3.8, 4) is 17.2 Å². The molecule has 1 saturated heterocycles. The first-order valence-electron chi connectivity index (χ1n) is 10.3. The first-order chi connectivity index (χ1) is 15.4. The quantitative estimate of drug-likeness (QED) is 0.486. The van der Waals surface area contributed by atoms with E-state index in [9.17, 15) is 19.5 Å². The Morgan fingerprint density at radius 3 is 2.44 bits per heavy atom. The highest BCUT2D eigenvalue weighted by Gasteiger charge is 2.37. The number of hydrogen-bond donors (Lipinski definition) is 3. The number of aromatic hydroxyl groups is 1. The Morgan fingerprint density at radius 1 is 1.06 bits per heavy atom. The number of benzene rings is 2. The second kappa shape index (κ2) is 10.5. The molecule has 0 unspecified atom stereocenters. The smallest absolute Gasteiger partial charge is 0.325 e. The second-order valence-corrected chi connectivity index (χ2v) is 7.42. The summed E-state index contributed by atoms with van der Waals surface area (Å²) in [6.45, 7) is 0.542. The van der Waals surface area contributed by atoms with Crippen LogP contribution in [-0.4, -0.2) is 54.7 Å². The molecule has 3 rings (SSSR count). The fourth-order valence-corrected chi connectivity index (χ4v) is 3.46. The summed E-state index contributed by atoms with van der Waals surface area (Å²) in [5.41, 5.74) is 1.71. The van der Waals surface area contributed by atoms with Crippen molar-refractivity contribution in [1.29, 1.82) is 0 Å². The summed E-state index contributed by atoms with van der Waals surface area (Å²) >= 11 is 0. The van der Waals surface area contributed by atoms with Crippen LogP contribution in [0.25, 0.3) is 0 Å². The summed E-state index contributed by atoms with van der Waals surface area (Å²) in [5, 5.41) is 14.7. The lowest BCUT2D eigenvalue weighted by Crippen LogP contribution is -2.33. The summed E-state index contributed by atoms with van der Waals surface area (Å²) in [6.07, 6.45) is 0.971. The van der Waals surface area contributed by atoms with Crippen molar-refractivity contribution < 1.29 is 29.0 Å². The van der Waals surface area contributed by atoms with Crippen LogP contribution in [0, 0.1) is 0 Å². The van der Waals surface area contributed by atoms with E-state index in [4.69, 9.17) is 9.47 Å². The molecule has 9 nitrogen and oxygen atoms in total. The number of phenolic OH excluding ortho intramolecular Hbond substituents is 1. The van der Waals surface area contributed by atoms with Crippen LogP contribution in [0.2, 0.25) is 0 Å². The van der Waals surface area contributed by atoms with Gasteiger partial charge < -0.3 is 25.2 Å². The van der Waals surface area contributed by atoms with Crippen LogP contribution in [0.1, 0.15) is 24.0 Å². The van der Waals surface area contributed by atoms with Crippen molar-refractivity contribution in [2.45, 2.75) is 31.8 Å². The lowest BCUT2D eigenvalue weighted by molar-refractivity contribution is -0.128. The number of methoxy groups -OCH3 is 2. The van der Waals surface area contributed by atoms with E-state index < -0.39 is 12.1 Å². The molecular formula is C23H27N3O6. The van der Waals surface area contributed by atoms with Crippen molar-refractivity contribution in [3.63, 3.8) is 0 Å². The molecular weight excluding hydrogens is 414 g/mol. The van der Waals surface area contributed by atoms with Crippen molar-refractivity contribution in [1.82, 2.24) is 15.5 Å². The van der Waals surface area contributed by atoms with Gasteiger partial charge in [-0.2, -0.15) is 0 Å². The minimum atomic E-state index is -0.731. The predicted molar refractivity (Wildman–Crippen MR) is 116 cm³/mol. The largest absolute Gasteiger partial charge is 0.508 e. The number of nitrogens with one attached hydrogen (secondary N) is 2. The van der Waals surface area contributed by atoms with Gasteiger partial charge in [-0.15, -0.1) is 0 Å². The van der Waals surface area contributed by atoms with E-state index in [0.29, 0.717) is 24.5 Å². The SMILES string of the molecule is COc1ccc(CN2C(=O)N[C@H](CCC(=O)NCCc3ccc(O)cc3)C2=O)cc1OC. The van der Waals surface area contributed by atoms with Crippen LogP contribution in [-0.2, 0) is 22.6 Å². The number of amides is 4. The fourth-order valence-electron chi connectivity index (χ4n) is 3.46. The Labute approximate surface area is 186 Å². The summed E-state index contributed by atoms with van der Waals surface area (Å²) in [5.74, 6) is 0.715. The molecule has 1 atom stereocenters. The van der Waals surface area contributed by atoms with Crippen LogP contribution in [0.15, 0.2) is 42.5 Å². The standard InChI is InChI=1S/C23H27N3O6/c1-31-19-9-5-16(13-20(19)32-2)14-26-22(29)18(25-23(26)30)8-10-21(28)24-12-11-15-3-6-17(27)7-4-15/h3-7,9,13,18,27H,8,10-12,14H2,1-2H3,(H,24,28)(H,25,30)/t18-/m1/s1. The Morgan fingerprint density at radius 2 is 1.75 bits per heavy atom. The highest BCUT2D eigenvalue weighted by Crippen LogP contribution is 2.28. The molecule has 0 aromatic heterocycles. The van der Waals surface area contributed by atoms with E-state index >= 15 is 0 Å². The van der Waals surface area contributed by atoms with Gasteiger partial charge in [-0.1, -0.05) is 18.2 Å². The summed E-state index contributed by atoms with van der Waals surface area (Å²) < 4.78 is 10.5. The number of imide groups is 1. The molecule has 0 aliphatic carbocycles. The number of ether oxygens (including phenoxy) is 2. The number of hydrogen-bond acceptors (Lipinski definition) is 6. The van der Waals surface area contributed by atoms with Gasteiger partial charge in [-0.05, 0) is 48.2 Å². The van der Waals surface area contributed by atoms with Gasteiger partial charge in [0.15, 0.2) is 11.5 Å². The van der Waals surface area contributed by atoms with Crippen LogP contribution in [0.4, 0.5) is 4.79 Å². The number of phenols is 1. The van der Waals surface area contributed by atoms with Crippen molar-refractivity contribution in [2.24, 2.45) is 0 Å². The van der Waals surface area contributed by atoms with Crippen LogP contribution >= 0.6 is 0 Å². The third kappa shape index (κ3) is 5.69. The van der Waals surface area contributed by atoms with E-state index in [1.807, 2.05) is 0 Å². The van der Waals surface area contributed by atoms with Crippen LogP contribution in [0.5, 0.6) is 17.2 Å². The van der Waals surface area contributed by atoms with E-state index in [1.54, 1.807) is 42.5 Å². The van der Waals surface area contributed by atoms with Crippen molar-refractivity contribution in [3.05, 3.63) is 53.6 Å². The maximum Gasteiger partial charge on any atom is 0.325 e. The monoisotopic (exact) mass is 441 g/mol. The van der Waals surface area contributed by atoms with Crippen molar-refractivity contribution >= 4 is 17.8 Å². The van der Waals surface area contributed by atoms with Crippen LogP contribution < -0.4 is 20.1 Å². The molecule has 0 radical (unpaired) electrons. The lowest BCUT2D eigenvalue weighted by Gasteiger charge is -2.15. The summed E-state index contributed by atoms with van der Waals surface area (Å²) in [6, 6.07) is 10.8. The molecule has 1 fully saturated rings. The molecule has 1 aliphatic rings. The number of urea groups is 1. The minimum absolute atomic E-state index is 0.0976. The maximum atomic E-state index is 12.7. The zero-order chi connectivity index (χ0) is 23.1. The topological polar surface area (TPSA) is 117 Å². The Hall–Kier alpha value is -3.75. The van der Waals surface area contributed by atoms with Gasteiger partial charge >= 0.3 is 6.03 Å². The zero-order valence-electron chi connectivity index (χ0n) is 18.1. The molecule has 1 aliphatic heterocycles. The Kier molecular flexibility index (Phi) is 7.54. The van der Waals surface area contributed by atoms with E-state index in [-0.39, 0.29) is 37.0 Å². The van der Waals surface area contributed by atoms with E-state index in [0.717, 1.165) is 16.0 Å². The minimum Gasteiger partial charge on any atom is -0.508 e. The van der Waals surface area contributed by atoms with Gasteiger partial charge in [0.25, 0.3) is 5.91 Å². The Balaban J connectivity index is 1.47. The Bertz CT molecular complexity index is 976. The number of nitrogens with zero attached hydrogens (tertiary/aromatic N) is 1. The summed E-state index contributed by atoms with van der Waals surface area (Å²) in [7, 11) is 3.05. The second-order valence-electron chi connectivity index (χ2n) is 7.42. The third-order valence-electron chi connectivity index (χ3n) is 5.23. The van der Waals surface area contributed by atoms with Gasteiger partial charge in [-0.25, -0.2) is 4.79 Å². The third-order valence-corrected chi connectivity index (χ3v) is 5.23. The molecule has 2 aromatic carbocycles. The van der Waals surface area contributed by atoms with E-state index in [1.165, 1.54) is 14.2 Å². The molecule has 0 spiro atoms. The highest BCUT2D eigenvalue weighted by molar-refractivity contribution is 6.04. The molecule has 1 heterocycles. The van der Waals surface area contributed by atoms with Gasteiger partial charge in [0, 0.05) is 13.0 Å². The number of carbonyl (C=O) groups excluding carboxylic acids is 3. The molecule has 32 heavy (non-hydrogen) atoms.